The second-order valence-electron chi connectivity index (χ2n) is 5.46. The van der Waals surface area contributed by atoms with Gasteiger partial charge in [0.15, 0.2) is 5.78 Å². The molecule has 0 heterocycles. The highest BCUT2D eigenvalue weighted by molar-refractivity contribution is 5.98. The summed E-state index contributed by atoms with van der Waals surface area (Å²) in [5.41, 5.74) is 0.755. The fourth-order valence-electron chi connectivity index (χ4n) is 2.04. The van der Waals surface area contributed by atoms with E-state index in [1.54, 1.807) is 0 Å². The van der Waals surface area contributed by atoms with Crippen molar-refractivity contribution >= 4 is 5.78 Å². The first-order valence-corrected chi connectivity index (χ1v) is 6.91. The molecule has 0 fully saturated rings. The van der Waals surface area contributed by atoms with Crippen molar-refractivity contribution in [3.8, 4) is 5.75 Å². The Kier molecular flexibility index (Phi) is 6.03. The summed E-state index contributed by atoms with van der Waals surface area (Å²) in [5, 5.41) is 3.09. The molecule has 1 rings (SSSR count). The molecule has 106 valence electrons. The minimum Gasteiger partial charge on any atom is -0.491 e. The van der Waals surface area contributed by atoms with Crippen LogP contribution >= 0.6 is 0 Å². The van der Waals surface area contributed by atoms with Gasteiger partial charge in [0.2, 0.25) is 0 Å². The van der Waals surface area contributed by atoms with Crippen LogP contribution in [0.5, 0.6) is 5.75 Å². The van der Waals surface area contributed by atoms with Gasteiger partial charge in [0.25, 0.3) is 0 Å². The van der Waals surface area contributed by atoms with E-state index < -0.39 is 0 Å². The lowest BCUT2D eigenvalue weighted by molar-refractivity contribution is 0.0886. The Morgan fingerprint density at radius 3 is 2.16 bits per heavy atom. The molecule has 0 saturated carbocycles. The van der Waals surface area contributed by atoms with Crippen LogP contribution in [0.4, 0.5) is 0 Å². The molecular weight excluding hydrogens is 238 g/mol. The van der Waals surface area contributed by atoms with Gasteiger partial charge in [-0.1, -0.05) is 13.8 Å². The maximum absolute atomic E-state index is 12.4. The lowest BCUT2D eigenvalue weighted by Crippen LogP contribution is -2.30. The fraction of sp³-hybridized carbons (Fsp3) is 0.562. The summed E-state index contributed by atoms with van der Waals surface area (Å²) in [6.07, 6.45) is 0.147. The standard InChI is InChI=1S/C16H25NO2/c1-11(2)15(10-17-5)16(18)13-6-8-14(9-7-13)19-12(3)4/h6-9,11-12,15,17H,10H2,1-5H3. The molecule has 1 aromatic rings. The number of hydrogen-bond donors (Lipinski definition) is 1. The third-order valence-corrected chi connectivity index (χ3v) is 3.08. The van der Waals surface area contributed by atoms with E-state index in [1.165, 1.54) is 0 Å². The molecule has 3 heteroatoms. The average molecular weight is 263 g/mol. The minimum atomic E-state index is 0.0156. The molecule has 0 amide bonds. The number of rotatable bonds is 7. The van der Waals surface area contributed by atoms with Crippen LogP contribution in [-0.2, 0) is 0 Å². The van der Waals surface area contributed by atoms with Crippen molar-refractivity contribution in [2.24, 2.45) is 11.8 Å². The number of hydrogen-bond acceptors (Lipinski definition) is 3. The number of carbonyl (C=O) groups excluding carboxylic acids is 1. The van der Waals surface area contributed by atoms with E-state index in [2.05, 4.69) is 19.2 Å². The minimum absolute atomic E-state index is 0.0156. The SMILES string of the molecule is CNCC(C(=O)c1ccc(OC(C)C)cc1)C(C)C. The van der Waals surface area contributed by atoms with Crippen LogP contribution in [0.25, 0.3) is 0 Å². The molecule has 1 atom stereocenters. The van der Waals surface area contributed by atoms with Gasteiger partial charge in [-0.3, -0.25) is 4.79 Å². The molecule has 3 nitrogen and oxygen atoms in total. The zero-order valence-electron chi connectivity index (χ0n) is 12.6. The molecule has 0 aromatic heterocycles. The maximum atomic E-state index is 12.4. The Morgan fingerprint density at radius 1 is 1.16 bits per heavy atom. The van der Waals surface area contributed by atoms with Gasteiger partial charge >= 0.3 is 0 Å². The number of carbonyl (C=O) groups is 1. The molecule has 1 aromatic carbocycles. The second kappa shape index (κ2) is 7.29. The van der Waals surface area contributed by atoms with E-state index in [0.29, 0.717) is 12.5 Å². The third-order valence-electron chi connectivity index (χ3n) is 3.08. The molecule has 0 spiro atoms. The summed E-state index contributed by atoms with van der Waals surface area (Å²) in [6.45, 7) is 8.84. The third kappa shape index (κ3) is 4.67. The molecule has 1 unspecified atom stereocenters. The van der Waals surface area contributed by atoms with E-state index in [9.17, 15) is 4.79 Å². The van der Waals surface area contributed by atoms with Crippen LogP contribution in [0.15, 0.2) is 24.3 Å². The molecule has 0 bridgehead atoms. The smallest absolute Gasteiger partial charge is 0.167 e. The molecular formula is C16H25NO2. The summed E-state index contributed by atoms with van der Waals surface area (Å²) >= 11 is 0. The fourth-order valence-corrected chi connectivity index (χ4v) is 2.04. The highest BCUT2D eigenvalue weighted by Gasteiger charge is 2.22. The summed E-state index contributed by atoms with van der Waals surface area (Å²) in [4.78, 5) is 12.4. The Bertz CT molecular complexity index is 396. The second-order valence-corrected chi connectivity index (χ2v) is 5.46. The van der Waals surface area contributed by atoms with E-state index in [0.717, 1.165) is 11.3 Å². The summed E-state index contributed by atoms with van der Waals surface area (Å²) in [7, 11) is 1.88. The van der Waals surface area contributed by atoms with Gasteiger partial charge in [0.1, 0.15) is 5.75 Å². The first-order valence-electron chi connectivity index (χ1n) is 6.91. The first kappa shape index (κ1) is 15.7. The monoisotopic (exact) mass is 263 g/mol. The summed E-state index contributed by atoms with van der Waals surface area (Å²) in [6, 6.07) is 7.43. The number of nitrogens with one attached hydrogen (secondary N) is 1. The molecule has 0 radical (unpaired) electrons. The highest BCUT2D eigenvalue weighted by Crippen LogP contribution is 2.20. The van der Waals surface area contributed by atoms with E-state index in [4.69, 9.17) is 4.74 Å². The van der Waals surface area contributed by atoms with E-state index in [1.807, 2.05) is 45.2 Å². The average Bonchev–Trinajstić information content (AvgIpc) is 2.35. The van der Waals surface area contributed by atoms with Crippen molar-refractivity contribution in [1.82, 2.24) is 5.32 Å². The van der Waals surface area contributed by atoms with Crippen molar-refractivity contribution in [2.75, 3.05) is 13.6 Å². The van der Waals surface area contributed by atoms with Crippen LogP contribution in [-0.4, -0.2) is 25.5 Å². The number of Topliss-reactive ketones (excluding diaryl/α,β-unsaturated/α-hetero) is 1. The van der Waals surface area contributed by atoms with Crippen molar-refractivity contribution in [3.05, 3.63) is 29.8 Å². The van der Waals surface area contributed by atoms with Crippen molar-refractivity contribution < 1.29 is 9.53 Å². The number of ether oxygens (including phenoxy) is 1. The van der Waals surface area contributed by atoms with Crippen LogP contribution in [0, 0.1) is 11.8 Å². The van der Waals surface area contributed by atoms with Gasteiger partial charge in [-0.05, 0) is 51.1 Å². The predicted octanol–water partition coefficient (Wildman–Crippen LogP) is 3.15. The van der Waals surface area contributed by atoms with Crippen LogP contribution in [0.3, 0.4) is 0 Å². The molecule has 0 aliphatic heterocycles. The Hall–Kier alpha value is -1.35. The lowest BCUT2D eigenvalue weighted by atomic mass is 9.88. The van der Waals surface area contributed by atoms with Gasteiger partial charge in [-0.2, -0.15) is 0 Å². The van der Waals surface area contributed by atoms with Gasteiger partial charge in [-0.15, -0.1) is 0 Å². The zero-order valence-corrected chi connectivity index (χ0v) is 12.6. The largest absolute Gasteiger partial charge is 0.491 e. The highest BCUT2D eigenvalue weighted by atomic mass is 16.5. The Balaban J connectivity index is 2.81. The maximum Gasteiger partial charge on any atom is 0.167 e. The van der Waals surface area contributed by atoms with Gasteiger partial charge < -0.3 is 10.1 Å². The molecule has 1 N–H and O–H groups in total. The van der Waals surface area contributed by atoms with Gasteiger partial charge in [-0.25, -0.2) is 0 Å². The molecule has 19 heavy (non-hydrogen) atoms. The number of ketones is 1. The van der Waals surface area contributed by atoms with Crippen molar-refractivity contribution in [2.45, 2.75) is 33.8 Å². The van der Waals surface area contributed by atoms with Crippen LogP contribution < -0.4 is 10.1 Å². The lowest BCUT2D eigenvalue weighted by Gasteiger charge is -2.19. The number of benzene rings is 1. The summed E-state index contributed by atoms with van der Waals surface area (Å²) < 4.78 is 5.58. The normalized spacial score (nSPS) is 12.8. The topological polar surface area (TPSA) is 38.3 Å². The van der Waals surface area contributed by atoms with Crippen molar-refractivity contribution in [3.63, 3.8) is 0 Å². The van der Waals surface area contributed by atoms with Crippen molar-refractivity contribution in [1.29, 1.82) is 0 Å². The van der Waals surface area contributed by atoms with E-state index in [-0.39, 0.29) is 17.8 Å². The Labute approximate surface area is 116 Å². The van der Waals surface area contributed by atoms with Gasteiger partial charge in [0.05, 0.1) is 6.10 Å². The Morgan fingerprint density at radius 2 is 1.74 bits per heavy atom. The quantitative estimate of drug-likeness (QED) is 0.768. The molecule has 0 aliphatic rings. The van der Waals surface area contributed by atoms with Gasteiger partial charge in [0, 0.05) is 18.0 Å². The molecule has 0 aliphatic carbocycles. The van der Waals surface area contributed by atoms with E-state index >= 15 is 0 Å². The zero-order chi connectivity index (χ0) is 14.4. The molecule has 0 saturated heterocycles. The summed E-state index contributed by atoms with van der Waals surface area (Å²) in [5.74, 6) is 1.34. The predicted molar refractivity (Wildman–Crippen MR) is 78.8 cm³/mol. The van der Waals surface area contributed by atoms with Crippen LogP contribution in [0.2, 0.25) is 0 Å². The van der Waals surface area contributed by atoms with Crippen LogP contribution in [0.1, 0.15) is 38.1 Å². The first-order chi connectivity index (χ1) is 8.95.